The van der Waals surface area contributed by atoms with E-state index in [2.05, 4.69) is 13.2 Å². The smallest absolute Gasteiger partial charge is 0.247 e. The molecule has 0 N–H and O–H groups in total. The zero-order valence-corrected chi connectivity index (χ0v) is 9.59. The van der Waals surface area contributed by atoms with Crippen LogP contribution in [0.25, 0.3) is 0 Å². The van der Waals surface area contributed by atoms with Crippen molar-refractivity contribution >= 4 is 28.9 Å². The van der Waals surface area contributed by atoms with E-state index >= 15 is 0 Å². The van der Waals surface area contributed by atoms with Crippen molar-refractivity contribution in [2.45, 2.75) is 0 Å². The molecule has 0 radical (unpaired) electrons. The van der Waals surface area contributed by atoms with E-state index in [1.54, 1.807) is 12.2 Å². The van der Waals surface area contributed by atoms with Crippen LogP contribution >= 0.6 is 17.1 Å². The first-order chi connectivity index (χ1) is 5.68. The predicted octanol–water partition coefficient (Wildman–Crippen LogP) is 2.98. The first-order valence-corrected chi connectivity index (χ1v) is 7.82. The Morgan fingerprint density at radius 3 is 2.00 bits per heavy atom. The molecule has 0 spiro atoms. The van der Waals surface area contributed by atoms with Crippen LogP contribution in [0.5, 0.6) is 0 Å². The van der Waals surface area contributed by atoms with Gasteiger partial charge in [0.1, 0.15) is 0 Å². The maximum absolute atomic E-state index is 5.33. The van der Waals surface area contributed by atoms with Gasteiger partial charge in [0.25, 0.3) is 0 Å². The Labute approximate surface area is 82.9 Å². The fourth-order valence-corrected chi connectivity index (χ4v) is 2.65. The van der Waals surface area contributed by atoms with E-state index in [0.29, 0.717) is 13.2 Å². The Morgan fingerprint density at radius 1 is 1.33 bits per heavy atom. The van der Waals surface area contributed by atoms with Crippen molar-refractivity contribution in [2.24, 2.45) is 0 Å². The van der Waals surface area contributed by atoms with Gasteiger partial charge in [0, 0.05) is 0 Å². The van der Waals surface area contributed by atoms with Gasteiger partial charge in [-0.15, -0.1) is 13.2 Å². The molecule has 0 aliphatic rings. The van der Waals surface area contributed by atoms with E-state index in [4.69, 9.17) is 20.9 Å². The van der Waals surface area contributed by atoms with Crippen LogP contribution in [0.1, 0.15) is 0 Å². The van der Waals surface area contributed by atoms with Crippen LogP contribution in [0.15, 0.2) is 25.3 Å². The molecule has 0 saturated carbocycles. The standard InChI is InChI=1S/C7H13O2PS2/c1-4-6-8-10(11,12-3)9-7-5-2/h4-5H,1-2,6-7H2,3H3. The minimum atomic E-state index is -2.13. The summed E-state index contributed by atoms with van der Waals surface area (Å²) in [4.78, 5) is 0. The molecule has 0 fully saturated rings. The predicted molar refractivity (Wildman–Crippen MR) is 60.1 cm³/mol. The molecular weight excluding hydrogens is 211 g/mol. The highest BCUT2D eigenvalue weighted by Gasteiger charge is 2.15. The van der Waals surface area contributed by atoms with Gasteiger partial charge in [-0.25, -0.2) is 0 Å². The molecule has 5 heteroatoms. The molecule has 0 heterocycles. The summed E-state index contributed by atoms with van der Waals surface area (Å²) in [6, 6.07) is 0. The summed E-state index contributed by atoms with van der Waals surface area (Å²) in [6.45, 7) is 7.96. The van der Waals surface area contributed by atoms with Gasteiger partial charge in [-0.1, -0.05) is 23.5 Å². The van der Waals surface area contributed by atoms with Crippen molar-refractivity contribution in [2.75, 3.05) is 19.5 Å². The van der Waals surface area contributed by atoms with Crippen molar-refractivity contribution in [3.8, 4) is 0 Å². The normalized spacial score (nSPS) is 11.1. The van der Waals surface area contributed by atoms with Crippen LogP contribution < -0.4 is 0 Å². The van der Waals surface area contributed by atoms with E-state index in [-0.39, 0.29) is 0 Å². The molecular formula is C7H13O2PS2. The quantitative estimate of drug-likeness (QED) is 0.488. The maximum atomic E-state index is 5.33. The van der Waals surface area contributed by atoms with Crippen LogP contribution in [-0.4, -0.2) is 19.5 Å². The molecule has 0 aromatic rings. The van der Waals surface area contributed by atoms with Crippen molar-refractivity contribution in [3.05, 3.63) is 25.3 Å². The lowest BCUT2D eigenvalue weighted by Gasteiger charge is -2.17. The third-order valence-corrected chi connectivity index (χ3v) is 6.25. The van der Waals surface area contributed by atoms with E-state index in [1.807, 2.05) is 6.26 Å². The SMILES string of the molecule is C=CCOP(=S)(OCC=C)SC. The van der Waals surface area contributed by atoms with E-state index < -0.39 is 5.69 Å². The average molecular weight is 224 g/mol. The van der Waals surface area contributed by atoms with E-state index in [9.17, 15) is 0 Å². The molecule has 0 saturated heterocycles. The third kappa shape index (κ3) is 5.12. The first-order valence-electron chi connectivity index (χ1n) is 3.35. The Morgan fingerprint density at radius 2 is 1.75 bits per heavy atom. The van der Waals surface area contributed by atoms with E-state index in [0.717, 1.165) is 0 Å². The summed E-state index contributed by atoms with van der Waals surface area (Å²) in [7, 11) is 0. The monoisotopic (exact) mass is 224 g/mol. The Bertz CT molecular complexity index is 178. The van der Waals surface area contributed by atoms with Crippen LogP contribution in [0, 0.1) is 0 Å². The lowest BCUT2D eigenvalue weighted by Crippen LogP contribution is -1.92. The highest BCUT2D eigenvalue weighted by Crippen LogP contribution is 2.59. The zero-order valence-electron chi connectivity index (χ0n) is 7.06. The first kappa shape index (κ1) is 12.4. The Kier molecular flexibility index (Phi) is 7.10. The van der Waals surface area contributed by atoms with Gasteiger partial charge in [0.2, 0.25) is 5.69 Å². The molecule has 0 aliphatic carbocycles. The molecule has 0 rings (SSSR count). The van der Waals surface area contributed by atoms with Gasteiger partial charge in [0.05, 0.1) is 13.2 Å². The second kappa shape index (κ2) is 6.87. The molecule has 0 aromatic carbocycles. The van der Waals surface area contributed by atoms with Gasteiger partial charge in [-0.05, 0) is 18.1 Å². The minimum absolute atomic E-state index is 0.440. The Hall–Kier alpha value is 0.400. The maximum Gasteiger partial charge on any atom is 0.247 e. The zero-order chi connectivity index (χ0) is 9.45. The van der Waals surface area contributed by atoms with Gasteiger partial charge in [-0.3, -0.25) is 0 Å². The molecule has 0 aromatic heterocycles. The summed E-state index contributed by atoms with van der Waals surface area (Å²) >= 11 is 6.61. The van der Waals surface area contributed by atoms with Crippen LogP contribution in [0.2, 0.25) is 0 Å². The van der Waals surface area contributed by atoms with Crippen LogP contribution in [0.4, 0.5) is 0 Å². The molecule has 0 atom stereocenters. The largest absolute Gasteiger partial charge is 0.317 e. The highest BCUT2D eigenvalue weighted by molar-refractivity contribution is 8.67. The third-order valence-electron chi connectivity index (χ3n) is 0.925. The van der Waals surface area contributed by atoms with Gasteiger partial charge < -0.3 is 9.05 Å². The summed E-state index contributed by atoms with van der Waals surface area (Å²) in [5, 5.41) is 0. The average Bonchev–Trinajstić information content (AvgIpc) is 2.11. The number of hydrogen-bond donors (Lipinski definition) is 0. The molecule has 0 unspecified atom stereocenters. The molecule has 2 nitrogen and oxygen atoms in total. The second-order valence-corrected chi connectivity index (χ2v) is 8.25. The number of hydrogen-bond acceptors (Lipinski definition) is 4. The highest BCUT2D eigenvalue weighted by atomic mass is 32.9. The van der Waals surface area contributed by atoms with Crippen molar-refractivity contribution in [1.82, 2.24) is 0 Å². The van der Waals surface area contributed by atoms with Crippen molar-refractivity contribution in [1.29, 1.82) is 0 Å². The summed E-state index contributed by atoms with van der Waals surface area (Å²) in [5.41, 5.74) is -2.13. The second-order valence-electron chi connectivity index (χ2n) is 1.80. The lowest BCUT2D eigenvalue weighted by atomic mass is 10.7. The summed E-state index contributed by atoms with van der Waals surface area (Å²) in [6.07, 6.45) is 5.20. The molecule has 70 valence electrons. The van der Waals surface area contributed by atoms with Gasteiger partial charge >= 0.3 is 0 Å². The summed E-state index contributed by atoms with van der Waals surface area (Å²) in [5.74, 6) is 0. The molecule has 0 bridgehead atoms. The van der Waals surface area contributed by atoms with Crippen molar-refractivity contribution < 1.29 is 9.05 Å². The number of rotatable bonds is 7. The van der Waals surface area contributed by atoms with Gasteiger partial charge in [-0.2, -0.15) is 0 Å². The lowest BCUT2D eigenvalue weighted by molar-refractivity contribution is 0.303. The minimum Gasteiger partial charge on any atom is -0.317 e. The Balaban J connectivity index is 3.94. The summed E-state index contributed by atoms with van der Waals surface area (Å²) < 4.78 is 10.7. The molecule has 0 amide bonds. The topological polar surface area (TPSA) is 18.5 Å². The molecule has 12 heavy (non-hydrogen) atoms. The fourth-order valence-electron chi connectivity index (χ4n) is 0.431. The fraction of sp³-hybridized carbons (Fsp3) is 0.429. The van der Waals surface area contributed by atoms with E-state index in [1.165, 1.54) is 11.4 Å². The van der Waals surface area contributed by atoms with Crippen LogP contribution in [0.3, 0.4) is 0 Å². The van der Waals surface area contributed by atoms with Crippen molar-refractivity contribution in [3.63, 3.8) is 0 Å². The van der Waals surface area contributed by atoms with Gasteiger partial charge in [0.15, 0.2) is 0 Å². The molecule has 0 aliphatic heterocycles. The van der Waals surface area contributed by atoms with Crippen LogP contribution in [-0.2, 0) is 20.9 Å².